The second kappa shape index (κ2) is 9.64. The number of hydrogen-bond acceptors (Lipinski definition) is 10. The molecule has 14 nitrogen and oxygen atoms in total. The highest BCUT2D eigenvalue weighted by molar-refractivity contribution is 5.89. The van der Waals surface area contributed by atoms with E-state index in [1.54, 1.807) is 0 Å². The Balaban J connectivity index is 1.26. The van der Waals surface area contributed by atoms with Crippen LogP contribution < -0.4 is 0 Å². The van der Waals surface area contributed by atoms with Gasteiger partial charge in [-0.1, -0.05) is 32.1 Å². The number of fused-ring (bicyclic) bond motifs is 2. The minimum absolute atomic E-state index is 0.0997. The molecule has 2 aromatic heterocycles. The second-order valence-electron chi connectivity index (χ2n) is 8.63. The molecule has 0 spiro atoms. The number of azo groups is 2. The molecule has 0 bridgehead atoms. The number of Topliss-reactive ketones (excluding diaryl/α,β-unsaturated/α-hetero) is 2. The van der Waals surface area contributed by atoms with Crippen molar-refractivity contribution in [1.82, 2.24) is 19.1 Å². The smallest absolute Gasteiger partial charge is 0.259 e. The second-order valence-corrected chi connectivity index (χ2v) is 8.63. The first-order valence-electron chi connectivity index (χ1n) is 11.4. The van der Waals surface area contributed by atoms with Crippen LogP contribution in [-0.2, 0) is 9.59 Å². The van der Waals surface area contributed by atoms with Gasteiger partial charge in [0.05, 0.1) is 11.8 Å². The van der Waals surface area contributed by atoms with E-state index in [0.29, 0.717) is 12.8 Å². The highest BCUT2D eigenvalue weighted by Gasteiger charge is 2.31. The third-order valence-electron chi connectivity index (χ3n) is 6.24. The Bertz CT molecular complexity index is 1180. The number of aromatic nitrogens is 4. The maximum atomic E-state index is 12.2. The van der Waals surface area contributed by atoms with Crippen molar-refractivity contribution in [2.45, 2.75) is 70.6 Å². The standard InChI is InChI=1S/C21H26N10O4/c1-10(32)12(14-16(34)30-18(22)26-28-20(30)24-14)8-6-4-3-5-7-9-13(11(2)33)15-17(35)31-19(23)27-29-21(31)25-15/h12-13,22-23,34-35H,3-9H2,1-2H3/t12-,13-/m0/s1. The zero-order valence-corrected chi connectivity index (χ0v) is 19.4. The van der Waals surface area contributed by atoms with E-state index >= 15 is 0 Å². The minimum Gasteiger partial charge on any atom is -0.493 e. The molecular formula is C21H26N10O4. The molecular weight excluding hydrogens is 456 g/mol. The molecule has 0 aliphatic carbocycles. The van der Waals surface area contributed by atoms with Gasteiger partial charge in [-0.3, -0.25) is 20.4 Å². The van der Waals surface area contributed by atoms with E-state index in [-0.39, 0.29) is 58.5 Å². The Kier molecular flexibility index (Phi) is 6.62. The zero-order valence-electron chi connectivity index (χ0n) is 19.4. The van der Waals surface area contributed by atoms with Gasteiger partial charge in [0.25, 0.3) is 23.8 Å². The highest BCUT2D eigenvalue weighted by Crippen LogP contribution is 2.37. The number of ketones is 2. The molecule has 0 amide bonds. The van der Waals surface area contributed by atoms with Crippen molar-refractivity contribution in [1.29, 1.82) is 10.8 Å². The molecule has 4 heterocycles. The van der Waals surface area contributed by atoms with Crippen LogP contribution in [0.5, 0.6) is 11.8 Å². The third kappa shape index (κ3) is 4.50. The number of imidazole rings is 2. The number of rotatable bonds is 12. The lowest BCUT2D eigenvalue weighted by Gasteiger charge is -2.13. The van der Waals surface area contributed by atoms with Crippen molar-refractivity contribution in [3.8, 4) is 11.8 Å². The van der Waals surface area contributed by atoms with Gasteiger partial charge < -0.3 is 10.2 Å². The number of aromatic hydroxyl groups is 2. The summed E-state index contributed by atoms with van der Waals surface area (Å²) < 4.78 is 2.21. The Labute approximate surface area is 199 Å². The Morgan fingerprint density at radius 1 is 0.714 bits per heavy atom. The Morgan fingerprint density at radius 3 is 1.43 bits per heavy atom. The summed E-state index contributed by atoms with van der Waals surface area (Å²) >= 11 is 0. The molecule has 4 rings (SSSR count). The van der Waals surface area contributed by atoms with Gasteiger partial charge >= 0.3 is 0 Å². The molecule has 4 N–H and O–H groups in total. The largest absolute Gasteiger partial charge is 0.493 e. The van der Waals surface area contributed by atoms with Gasteiger partial charge in [0.2, 0.25) is 11.8 Å². The van der Waals surface area contributed by atoms with E-state index in [9.17, 15) is 19.8 Å². The monoisotopic (exact) mass is 482 g/mol. The average molecular weight is 483 g/mol. The van der Waals surface area contributed by atoms with Crippen molar-refractivity contribution in [3.63, 3.8) is 0 Å². The summed E-state index contributed by atoms with van der Waals surface area (Å²) in [6.07, 6.45) is 5.07. The molecule has 184 valence electrons. The molecule has 2 aromatic rings. The molecule has 0 unspecified atom stereocenters. The molecule has 0 radical (unpaired) electrons. The summed E-state index contributed by atoms with van der Waals surface area (Å²) in [6, 6.07) is 0. The van der Waals surface area contributed by atoms with Gasteiger partial charge in [-0.15, -0.1) is 20.5 Å². The fourth-order valence-electron chi connectivity index (χ4n) is 4.39. The van der Waals surface area contributed by atoms with Crippen molar-refractivity contribution < 1.29 is 19.8 Å². The molecule has 2 aliphatic heterocycles. The van der Waals surface area contributed by atoms with Crippen LogP contribution in [0.25, 0.3) is 0 Å². The van der Waals surface area contributed by atoms with Crippen LogP contribution in [0, 0.1) is 10.8 Å². The van der Waals surface area contributed by atoms with E-state index in [4.69, 9.17) is 10.8 Å². The van der Waals surface area contributed by atoms with Crippen molar-refractivity contribution in [3.05, 3.63) is 11.4 Å². The lowest BCUT2D eigenvalue weighted by atomic mass is 9.92. The predicted molar refractivity (Wildman–Crippen MR) is 122 cm³/mol. The van der Waals surface area contributed by atoms with Crippen LogP contribution in [0.4, 0.5) is 11.9 Å². The Morgan fingerprint density at radius 2 is 1.09 bits per heavy atom. The van der Waals surface area contributed by atoms with Crippen LogP contribution in [0.1, 0.15) is 82.0 Å². The van der Waals surface area contributed by atoms with Gasteiger partial charge in [0, 0.05) is 0 Å². The van der Waals surface area contributed by atoms with Crippen LogP contribution in [0.15, 0.2) is 20.5 Å². The van der Waals surface area contributed by atoms with Gasteiger partial charge in [0.15, 0.2) is 0 Å². The van der Waals surface area contributed by atoms with Gasteiger partial charge in [-0.2, -0.15) is 0 Å². The first kappa shape index (κ1) is 24.0. The molecule has 0 aromatic carbocycles. The number of nitrogens with zero attached hydrogens (tertiary/aromatic N) is 8. The van der Waals surface area contributed by atoms with Crippen LogP contribution in [0.2, 0.25) is 0 Å². The fraction of sp³-hybridized carbons (Fsp3) is 0.524. The number of unbranched alkanes of at least 4 members (excludes halogenated alkanes) is 4. The number of carbonyl (C=O) groups excluding carboxylic acids is 2. The molecule has 14 heteroatoms. The molecule has 0 fully saturated rings. The first-order chi connectivity index (χ1) is 16.7. The zero-order chi connectivity index (χ0) is 25.3. The summed E-state index contributed by atoms with van der Waals surface area (Å²) in [6.45, 7) is 2.90. The van der Waals surface area contributed by atoms with Crippen molar-refractivity contribution in [2.75, 3.05) is 0 Å². The average Bonchev–Trinajstić information content (AvgIpc) is 3.52. The maximum Gasteiger partial charge on any atom is 0.259 e. The van der Waals surface area contributed by atoms with Crippen LogP contribution in [0.3, 0.4) is 0 Å². The van der Waals surface area contributed by atoms with E-state index in [0.717, 1.165) is 41.2 Å². The van der Waals surface area contributed by atoms with Crippen molar-refractivity contribution >= 4 is 35.4 Å². The minimum atomic E-state index is -0.583. The molecule has 0 saturated carbocycles. The van der Waals surface area contributed by atoms with E-state index in [2.05, 4.69) is 30.4 Å². The van der Waals surface area contributed by atoms with Crippen LogP contribution >= 0.6 is 0 Å². The molecule has 2 aliphatic rings. The highest BCUT2D eigenvalue weighted by atomic mass is 16.3. The summed E-state index contributed by atoms with van der Waals surface area (Å²) in [5.41, 5.74) is 0.444. The Hall–Kier alpha value is -4.10. The maximum absolute atomic E-state index is 12.2. The first-order valence-corrected chi connectivity index (χ1v) is 11.4. The predicted octanol–water partition coefficient (Wildman–Crippen LogP) is 4.03. The molecule has 35 heavy (non-hydrogen) atoms. The number of hydrogen-bond donors (Lipinski definition) is 4. The lowest BCUT2D eigenvalue weighted by Crippen LogP contribution is -2.11. The van der Waals surface area contributed by atoms with E-state index < -0.39 is 11.8 Å². The molecule has 2 atom stereocenters. The lowest BCUT2D eigenvalue weighted by molar-refractivity contribution is -0.119. The molecule has 0 saturated heterocycles. The SMILES string of the molecule is CC(=O)[C@H](CCCCCCC[C@@H](C(C)=O)c1nc2n(c1O)C(=N)N=N2)c1nc2n(c1O)C(=N)N=N2. The van der Waals surface area contributed by atoms with Gasteiger partial charge in [-0.25, -0.2) is 19.1 Å². The number of carbonyl (C=O) groups is 2. The topological polar surface area (TPSA) is 207 Å². The van der Waals surface area contributed by atoms with Gasteiger partial charge in [-0.05, 0) is 26.7 Å². The van der Waals surface area contributed by atoms with Crippen molar-refractivity contribution in [2.24, 2.45) is 20.5 Å². The third-order valence-corrected chi connectivity index (χ3v) is 6.24. The number of nitrogens with one attached hydrogen (secondary N) is 2. The van der Waals surface area contributed by atoms with E-state index in [1.807, 2.05) is 0 Å². The fourth-order valence-corrected chi connectivity index (χ4v) is 4.39. The van der Waals surface area contributed by atoms with E-state index in [1.165, 1.54) is 13.8 Å². The summed E-state index contributed by atoms with van der Waals surface area (Å²) in [7, 11) is 0. The van der Waals surface area contributed by atoms with Crippen LogP contribution in [-0.4, -0.2) is 52.8 Å². The quantitative estimate of drug-likeness (QED) is 0.328. The summed E-state index contributed by atoms with van der Waals surface area (Å²) in [5, 5.41) is 50.7. The van der Waals surface area contributed by atoms with Gasteiger partial charge in [0.1, 0.15) is 23.0 Å². The normalized spacial score (nSPS) is 15.5. The summed E-state index contributed by atoms with van der Waals surface area (Å²) in [4.78, 5) is 32.8. The summed E-state index contributed by atoms with van der Waals surface area (Å²) in [5.74, 6) is -2.22.